The van der Waals surface area contributed by atoms with Gasteiger partial charge in [-0.05, 0) is 43.0 Å². The first-order valence-electron chi connectivity index (χ1n) is 5.60. The maximum Gasteiger partial charge on any atom is 0.416 e. The second kappa shape index (κ2) is 4.17. The summed E-state index contributed by atoms with van der Waals surface area (Å²) in [4.78, 5) is 11.6. The number of halogens is 3. The molecule has 0 saturated heterocycles. The van der Waals surface area contributed by atoms with Crippen molar-refractivity contribution in [2.45, 2.75) is 38.3 Å². The number of benzene rings is 1. The summed E-state index contributed by atoms with van der Waals surface area (Å²) < 4.78 is 37.5. The van der Waals surface area contributed by atoms with Crippen molar-refractivity contribution in [1.82, 2.24) is 0 Å². The van der Waals surface area contributed by atoms with E-state index in [1.54, 1.807) is 6.92 Å². The molecule has 2 rings (SSSR count). The van der Waals surface area contributed by atoms with Crippen LogP contribution in [0.15, 0.2) is 18.2 Å². The van der Waals surface area contributed by atoms with Crippen LogP contribution in [0.3, 0.4) is 0 Å². The molecule has 0 spiro atoms. The van der Waals surface area contributed by atoms with Crippen molar-refractivity contribution in [3.63, 3.8) is 0 Å². The summed E-state index contributed by atoms with van der Waals surface area (Å²) >= 11 is 0. The zero-order chi connectivity index (χ0) is 12.6. The van der Waals surface area contributed by atoms with E-state index in [2.05, 4.69) is 0 Å². The van der Waals surface area contributed by atoms with E-state index in [1.165, 1.54) is 6.07 Å². The van der Waals surface area contributed by atoms with Crippen molar-refractivity contribution in [3.05, 3.63) is 34.9 Å². The average molecular weight is 242 g/mol. The summed E-state index contributed by atoms with van der Waals surface area (Å²) in [6.07, 6.45) is -2.18. The van der Waals surface area contributed by atoms with Crippen molar-refractivity contribution < 1.29 is 18.0 Å². The van der Waals surface area contributed by atoms with E-state index in [0.717, 1.165) is 30.5 Å². The fourth-order valence-corrected chi connectivity index (χ4v) is 2.39. The molecule has 1 atom stereocenters. The van der Waals surface area contributed by atoms with Crippen LogP contribution in [-0.4, -0.2) is 5.78 Å². The summed E-state index contributed by atoms with van der Waals surface area (Å²) in [5.41, 5.74) is 0.657. The van der Waals surface area contributed by atoms with Crippen molar-refractivity contribution in [2.75, 3.05) is 0 Å². The van der Waals surface area contributed by atoms with E-state index in [1.807, 2.05) is 0 Å². The highest BCUT2D eigenvalue weighted by molar-refractivity contribution is 5.87. The molecule has 1 saturated carbocycles. The smallest absolute Gasteiger partial charge is 0.299 e. The van der Waals surface area contributed by atoms with E-state index in [-0.39, 0.29) is 11.7 Å². The summed E-state index contributed by atoms with van der Waals surface area (Å²) in [6, 6.07) is 3.64. The van der Waals surface area contributed by atoms with Crippen LogP contribution in [0.25, 0.3) is 0 Å². The van der Waals surface area contributed by atoms with E-state index in [9.17, 15) is 18.0 Å². The van der Waals surface area contributed by atoms with Gasteiger partial charge in [0, 0.05) is 12.3 Å². The van der Waals surface area contributed by atoms with Crippen LogP contribution in [0, 0.1) is 6.92 Å². The fourth-order valence-electron chi connectivity index (χ4n) is 2.39. The predicted octanol–water partition coefficient (Wildman–Crippen LogP) is 3.85. The number of aryl methyl sites for hydroxylation is 1. The van der Waals surface area contributed by atoms with Crippen LogP contribution in [-0.2, 0) is 11.0 Å². The molecule has 1 aliphatic rings. The quantitative estimate of drug-likeness (QED) is 0.731. The molecule has 0 N–H and O–H groups in total. The van der Waals surface area contributed by atoms with Gasteiger partial charge in [-0.15, -0.1) is 0 Å². The second-order valence-electron chi connectivity index (χ2n) is 4.48. The Balaban J connectivity index is 2.35. The maximum atomic E-state index is 12.5. The van der Waals surface area contributed by atoms with Gasteiger partial charge in [0.05, 0.1) is 5.56 Å². The zero-order valence-corrected chi connectivity index (χ0v) is 9.47. The van der Waals surface area contributed by atoms with Gasteiger partial charge in [-0.25, -0.2) is 0 Å². The predicted molar refractivity (Wildman–Crippen MR) is 57.8 cm³/mol. The molecule has 92 valence electrons. The largest absolute Gasteiger partial charge is 0.416 e. The normalized spacial score (nSPS) is 20.9. The zero-order valence-electron chi connectivity index (χ0n) is 9.47. The number of alkyl halides is 3. The van der Waals surface area contributed by atoms with Crippen LogP contribution in [0.4, 0.5) is 13.2 Å². The summed E-state index contributed by atoms with van der Waals surface area (Å²) in [6.45, 7) is 1.64. The molecule has 0 aromatic heterocycles. The molecule has 1 aliphatic carbocycles. The molecule has 1 aromatic rings. The van der Waals surface area contributed by atoms with Gasteiger partial charge in [-0.2, -0.15) is 13.2 Å². The average Bonchev–Trinajstić information content (AvgIpc) is 2.63. The molecule has 1 nitrogen and oxygen atoms in total. The van der Waals surface area contributed by atoms with Gasteiger partial charge in [-0.3, -0.25) is 4.79 Å². The number of rotatable bonds is 1. The Labute approximate surface area is 97.6 Å². The highest BCUT2D eigenvalue weighted by Gasteiger charge is 2.32. The Kier molecular flexibility index (Phi) is 2.98. The number of hydrogen-bond acceptors (Lipinski definition) is 1. The number of hydrogen-bond donors (Lipinski definition) is 0. The van der Waals surface area contributed by atoms with Gasteiger partial charge in [0.2, 0.25) is 0 Å². The highest BCUT2D eigenvalue weighted by Crippen LogP contribution is 2.36. The van der Waals surface area contributed by atoms with E-state index in [0.29, 0.717) is 12.0 Å². The SMILES string of the molecule is Cc1cc(C(F)(F)F)ccc1C1CCCC1=O. The van der Waals surface area contributed by atoms with Crippen LogP contribution in [0.1, 0.15) is 41.9 Å². The Morgan fingerprint density at radius 1 is 1.29 bits per heavy atom. The maximum absolute atomic E-state index is 12.5. The third-order valence-corrected chi connectivity index (χ3v) is 3.28. The second-order valence-corrected chi connectivity index (χ2v) is 4.48. The number of ketones is 1. The van der Waals surface area contributed by atoms with Crippen LogP contribution in [0.2, 0.25) is 0 Å². The molecule has 0 amide bonds. The molecule has 0 heterocycles. The topological polar surface area (TPSA) is 17.1 Å². The first kappa shape index (κ1) is 12.1. The highest BCUT2D eigenvalue weighted by atomic mass is 19.4. The van der Waals surface area contributed by atoms with Crippen molar-refractivity contribution in [3.8, 4) is 0 Å². The van der Waals surface area contributed by atoms with Gasteiger partial charge in [0.25, 0.3) is 0 Å². The molecular formula is C13H13F3O. The summed E-state index contributed by atoms with van der Waals surface area (Å²) in [7, 11) is 0. The Bertz CT molecular complexity index is 448. The third-order valence-electron chi connectivity index (χ3n) is 3.28. The van der Waals surface area contributed by atoms with Crippen LogP contribution in [0.5, 0.6) is 0 Å². The minimum Gasteiger partial charge on any atom is -0.299 e. The van der Waals surface area contributed by atoms with Gasteiger partial charge < -0.3 is 0 Å². The molecule has 0 aliphatic heterocycles. The molecule has 1 fully saturated rings. The monoisotopic (exact) mass is 242 g/mol. The third kappa shape index (κ3) is 2.35. The lowest BCUT2D eigenvalue weighted by Crippen LogP contribution is -2.09. The minimum absolute atomic E-state index is 0.146. The number of Topliss-reactive ketones (excluding diaryl/α,β-unsaturated/α-hetero) is 1. The molecule has 1 unspecified atom stereocenters. The standard InChI is InChI=1S/C13H13F3O/c1-8-7-9(13(14,15)16)5-6-10(8)11-3-2-4-12(11)17/h5-7,11H,2-4H2,1H3. The van der Waals surface area contributed by atoms with E-state index >= 15 is 0 Å². The lowest BCUT2D eigenvalue weighted by Gasteiger charge is -2.14. The van der Waals surface area contributed by atoms with Gasteiger partial charge in [-0.1, -0.05) is 6.07 Å². The first-order valence-corrected chi connectivity index (χ1v) is 5.60. The fraction of sp³-hybridized carbons (Fsp3) is 0.462. The Morgan fingerprint density at radius 3 is 2.47 bits per heavy atom. The van der Waals surface area contributed by atoms with Crippen LogP contribution < -0.4 is 0 Å². The van der Waals surface area contributed by atoms with Gasteiger partial charge in [0.15, 0.2) is 0 Å². The van der Waals surface area contributed by atoms with Crippen molar-refractivity contribution >= 4 is 5.78 Å². The Morgan fingerprint density at radius 2 is 2.00 bits per heavy atom. The molecule has 0 bridgehead atoms. The molecule has 17 heavy (non-hydrogen) atoms. The molecule has 4 heteroatoms. The number of carbonyl (C=O) groups excluding carboxylic acids is 1. The van der Waals surface area contributed by atoms with Crippen molar-refractivity contribution in [1.29, 1.82) is 0 Å². The summed E-state index contributed by atoms with van der Waals surface area (Å²) in [5, 5.41) is 0. The Hall–Kier alpha value is -1.32. The lowest BCUT2D eigenvalue weighted by molar-refractivity contribution is -0.137. The number of carbonyl (C=O) groups is 1. The first-order chi connectivity index (χ1) is 7.89. The minimum atomic E-state index is -4.32. The van der Waals surface area contributed by atoms with E-state index in [4.69, 9.17) is 0 Å². The van der Waals surface area contributed by atoms with Crippen LogP contribution >= 0.6 is 0 Å². The lowest BCUT2D eigenvalue weighted by atomic mass is 9.91. The molecular weight excluding hydrogens is 229 g/mol. The molecule has 1 aromatic carbocycles. The van der Waals surface area contributed by atoms with Gasteiger partial charge >= 0.3 is 6.18 Å². The van der Waals surface area contributed by atoms with Gasteiger partial charge in [0.1, 0.15) is 5.78 Å². The van der Waals surface area contributed by atoms with E-state index < -0.39 is 11.7 Å². The molecule has 0 radical (unpaired) electrons. The summed E-state index contributed by atoms with van der Waals surface area (Å²) in [5.74, 6) is -0.0508. The van der Waals surface area contributed by atoms with Crippen molar-refractivity contribution in [2.24, 2.45) is 0 Å².